The van der Waals surface area contributed by atoms with Gasteiger partial charge in [-0.2, -0.15) is 5.10 Å². The predicted octanol–water partition coefficient (Wildman–Crippen LogP) is 2.06. The van der Waals surface area contributed by atoms with Gasteiger partial charge in [0.2, 0.25) is 0 Å². The Balaban J connectivity index is 2.66. The highest BCUT2D eigenvalue weighted by Gasteiger charge is 2.16. The molecule has 0 aliphatic rings. The van der Waals surface area contributed by atoms with Crippen molar-refractivity contribution >= 4 is 21.8 Å². The van der Waals surface area contributed by atoms with Gasteiger partial charge in [-0.25, -0.2) is 0 Å². The average Bonchev–Trinajstić information content (AvgIpc) is 2.70. The summed E-state index contributed by atoms with van der Waals surface area (Å²) in [7, 11) is 1.82. The topological polar surface area (TPSA) is 38.1 Å². The number of halogens is 1. The van der Waals surface area contributed by atoms with E-state index in [0.717, 1.165) is 31.3 Å². The fraction of sp³-hybridized carbons (Fsp3) is 0.636. The van der Waals surface area contributed by atoms with Gasteiger partial charge in [0.05, 0.1) is 0 Å². The highest BCUT2D eigenvalue weighted by atomic mass is 79.9. The van der Waals surface area contributed by atoms with Crippen molar-refractivity contribution in [2.45, 2.75) is 19.8 Å². The lowest BCUT2D eigenvalue weighted by Gasteiger charge is -2.20. The number of nitrogens with zero attached hydrogens (tertiary/aromatic N) is 3. The van der Waals surface area contributed by atoms with Crippen LogP contribution in [-0.4, -0.2) is 39.0 Å². The molecule has 1 aromatic heterocycles. The molecule has 5 heteroatoms. The van der Waals surface area contributed by atoms with Crippen LogP contribution in [-0.2, 0) is 7.05 Å². The van der Waals surface area contributed by atoms with Crippen LogP contribution in [0.25, 0.3) is 0 Å². The molecule has 0 aliphatic carbocycles. The fourth-order valence-electron chi connectivity index (χ4n) is 1.46. The van der Waals surface area contributed by atoms with Crippen molar-refractivity contribution in [2.24, 2.45) is 7.05 Å². The van der Waals surface area contributed by atoms with E-state index in [4.69, 9.17) is 0 Å². The lowest BCUT2D eigenvalue weighted by Crippen LogP contribution is -2.34. The van der Waals surface area contributed by atoms with Gasteiger partial charge >= 0.3 is 0 Å². The molecule has 0 atom stereocenters. The maximum absolute atomic E-state index is 12.1. The molecular weight excluding hydrogens is 270 g/mol. The second kappa shape index (κ2) is 6.68. The standard InChI is InChI=1S/C11H18BrN3O/c1-3-4-7-15(9-6-12)11(16)10-5-8-14(2)13-10/h5,8H,3-4,6-7,9H2,1-2H3. The van der Waals surface area contributed by atoms with E-state index in [1.165, 1.54) is 0 Å². The number of amides is 1. The third kappa shape index (κ3) is 3.63. The number of hydrogen-bond acceptors (Lipinski definition) is 2. The molecule has 1 rings (SSSR count). The highest BCUT2D eigenvalue weighted by molar-refractivity contribution is 9.09. The number of aryl methyl sites for hydroxylation is 1. The molecule has 0 aliphatic heterocycles. The van der Waals surface area contributed by atoms with Crippen molar-refractivity contribution in [1.29, 1.82) is 0 Å². The molecule has 90 valence electrons. The van der Waals surface area contributed by atoms with Crippen molar-refractivity contribution in [3.8, 4) is 0 Å². The molecule has 4 nitrogen and oxygen atoms in total. The summed E-state index contributed by atoms with van der Waals surface area (Å²) in [5.41, 5.74) is 0.527. The van der Waals surface area contributed by atoms with Crippen molar-refractivity contribution < 1.29 is 4.79 Å². The average molecular weight is 288 g/mol. The molecule has 0 bridgehead atoms. The van der Waals surface area contributed by atoms with Gasteiger partial charge in [-0.1, -0.05) is 29.3 Å². The third-order valence-electron chi connectivity index (χ3n) is 2.36. The number of carbonyl (C=O) groups excluding carboxylic acids is 1. The normalized spacial score (nSPS) is 10.4. The molecule has 1 amide bonds. The van der Waals surface area contributed by atoms with Gasteiger partial charge in [-0.15, -0.1) is 0 Å². The first-order valence-electron chi connectivity index (χ1n) is 5.54. The SMILES string of the molecule is CCCCN(CCBr)C(=O)c1ccn(C)n1. The zero-order chi connectivity index (χ0) is 12.0. The zero-order valence-electron chi connectivity index (χ0n) is 9.82. The largest absolute Gasteiger partial charge is 0.336 e. The lowest BCUT2D eigenvalue weighted by molar-refractivity contribution is 0.0757. The number of hydrogen-bond donors (Lipinski definition) is 0. The quantitative estimate of drug-likeness (QED) is 0.751. The fourth-order valence-corrected chi connectivity index (χ4v) is 1.89. The minimum absolute atomic E-state index is 0.0218. The Morgan fingerprint density at radius 2 is 2.31 bits per heavy atom. The van der Waals surface area contributed by atoms with E-state index < -0.39 is 0 Å². The van der Waals surface area contributed by atoms with Crippen LogP contribution in [0.5, 0.6) is 0 Å². The summed E-state index contributed by atoms with van der Waals surface area (Å²) in [6.07, 6.45) is 3.92. The minimum Gasteiger partial charge on any atom is -0.336 e. The summed E-state index contributed by atoms with van der Waals surface area (Å²) in [4.78, 5) is 13.9. The second-order valence-electron chi connectivity index (χ2n) is 3.71. The Bertz CT molecular complexity index is 338. The lowest BCUT2D eigenvalue weighted by atomic mass is 10.3. The molecule has 16 heavy (non-hydrogen) atoms. The van der Waals surface area contributed by atoms with Gasteiger partial charge in [0, 0.05) is 31.7 Å². The Labute approximate surface area is 105 Å². The van der Waals surface area contributed by atoms with E-state index in [9.17, 15) is 4.79 Å². The van der Waals surface area contributed by atoms with Gasteiger partial charge < -0.3 is 4.90 Å². The Morgan fingerprint density at radius 1 is 1.56 bits per heavy atom. The molecule has 1 heterocycles. The van der Waals surface area contributed by atoms with E-state index >= 15 is 0 Å². The molecular formula is C11H18BrN3O. The van der Waals surface area contributed by atoms with Gasteiger partial charge in [0.25, 0.3) is 5.91 Å². The summed E-state index contributed by atoms with van der Waals surface area (Å²) in [6.45, 7) is 3.66. The molecule has 0 saturated carbocycles. The molecule has 0 radical (unpaired) electrons. The van der Waals surface area contributed by atoms with E-state index in [1.54, 1.807) is 16.9 Å². The maximum Gasteiger partial charge on any atom is 0.274 e. The maximum atomic E-state index is 12.1. The van der Waals surface area contributed by atoms with Gasteiger partial charge in [0.1, 0.15) is 5.69 Å². The first-order valence-corrected chi connectivity index (χ1v) is 6.66. The predicted molar refractivity (Wildman–Crippen MR) is 67.8 cm³/mol. The number of aromatic nitrogens is 2. The highest BCUT2D eigenvalue weighted by Crippen LogP contribution is 2.04. The molecule has 0 saturated heterocycles. The zero-order valence-corrected chi connectivity index (χ0v) is 11.4. The first kappa shape index (κ1) is 13.2. The summed E-state index contributed by atoms with van der Waals surface area (Å²) < 4.78 is 1.65. The Kier molecular flexibility index (Phi) is 5.52. The van der Waals surface area contributed by atoms with E-state index in [1.807, 2.05) is 11.9 Å². The van der Waals surface area contributed by atoms with Crippen LogP contribution in [0.15, 0.2) is 12.3 Å². The van der Waals surface area contributed by atoms with Gasteiger partial charge in [0.15, 0.2) is 0 Å². The molecule has 0 N–H and O–H groups in total. The van der Waals surface area contributed by atoms with E-state index in [-0.39, 0.29) is 5.91 Å². The molecule has 0 unspecified atom stereocenters. The van der Waals surface area contributed by atoms with Crippen LogP contribution < -0.4 is 0 Å². The number of alkyl halides is 1. The summed E-state index contributed by atoms with van der Waals surface area (Å²) in [5.74, 6) is 0.0218. The third-order valence-corrected chi connectivity index (χ3v) is 2.71. The Hall–Kier alpha value is -0.840. The van der Waals surface area contributed by atoms with Crippen LogP contribution in [0.2, 0.25) is 0 Å². The van der Waals surface area contributed by atoms with Gasteiger partial charge in [-0.3, -0.25) is 9.48 Å². The number of carbonyl (C=O) groups is 1. The van der Waals surface area contributed by atoms with Crippen LogP contribution in [0, 0.1) is 0 Å². The summed E-state index contributed by atoms with van der Waals surface area (Å²) >= 11 is 3.37. The van der Waals surface area contributed by atoms with E-state index in [0.29, 0.717) is 5.69 Å². The second-order valence-corrected chi connectivity index (χ2v) is 4.50. The van der Waals surface area contributed by atoms with Crippen molar-refractivity contribution in [3.05, 3.63) is 18.0 Å². The Morgan fingerprint density at radius 3 is 2.81 bits per heavy atom. The van der Waals surface area contributed by atoms with Crippen LogP contribution >= 0.6 is 15.9 Å². The smallest absolute Gasteiger partial charge is 0.274 e. The van der Waals surface area contributed by atoms with Crippen LogP contribution in [0.1, 0.15) is 30.3 Å². The van der Waals surface area contributed by atoms with Crippen LogP contribution in [0.4, 0.5) is 0 Å². The van der Waals surface area contributed by atoms with Crippen molar-refractivity contribution in [3.63, 3.8) is 0 Å². The van der Waals surface area contributed by atoms with Crippen molar-refractivity contribution in [2.75, 3.05) is 18.4 Å². The minimum atomic E-state index is 0.0218. The molecule has 1 aromatic rings. The van der Waals surface area contributed by atoms with E-state index in [2.05, 4.69) is 28.0 Å². The first-order chi connectivity index (χ1) is 7.69. The summed E-state index contributed by atoms with van der Waals surface area (Å²) in [5, 5.41) is 4.93. The molecule has 0 spiro atoms. The van der Waals surface area contributed by atoms with Crippen molar-refractivity contribution in [1.82, 2.24) is 14.7 Å². The molecule has 0 fully saturated rings. The summed E-state index contributed by atoms with van der Waals surface area (Å²) in [6, 6.07) is 1.76. The molecule has 0 aromatic carbocycles. The number of unbranched alkanes of at least 4 members (excludes halogenated alkanes) is 1. The van der Waals surface area contributed by atoms with Crippen LogP contribution in [0.3, 0.4) is 0 Å². The van der Waals surface area contributed by atoms with Gasteiger partial charge in [-0.05, 0) is 12.5 Å². The monoisotopic (exact) mass is 287 g/mol. The number of rotatable bonds is 6.